The molecule has 0 spiro atoms. The third kappa shape index (κ3) is 2.64. The number of aromatic nitrogens is 4. The van der Waals surface area contributed by atoms with E-state index in [1.165, 1.54) is 0 Å². The lowest BCUT2D eigenvalue weighted by Crippen LogP contribution is -2.39. The summed E-state index contributed by atoms with van der Waals surface area (Å²) in [6, 6.07) is 3.52. The van der Waals surface area contributed by atoms with E-state index in [2.05, 4.69) is 15.2 Å². The van der Waals surface area contributed by atoms with Crippen molar-refractivity contribution in [3.05, 3.63) is 41.7 Å². The molecule has 0 atom stereocenters. The van der Waals surface area contributed by atoms with Gasteiger partial charge in [-0.05, 0) is 18.6 Å². The van der Waals surface area contributed by atoms with Gasteiger partial charge in [-0.25, -0.2) is 0 Å². The zero-order valence-electron chi connectivity index (χ0n) is 13.3. The van der Waals surface area contributed by atoms with Crippen LogP contribution in [0.2, 0.25) is 0 Å². The maximum atomic E-state index is 12.5. The van der Waals surface area contributed by atoms with Crippen LogP contribution in [0.15, 0.2) is 24.5 Å². The molecule has 8 nitrogen and oxygen atoms in total. The van der Waals surface area contributed by atoms with Gasteiger partial charge in [0.25, 0.3) is 5.91 Å². The Labute approximate surface area is 139 Å². The van der Waals surface area contributed by atoms with Crippen molar-refractivity contribution >= 4 is 11.8 Å². The first-order valence-corrected chi connectivity index (χ1v) is 8.10. The SMILES string of the molecule is O=C1CCCN1Cc1nnc2n1CCN(C(=O)c1cccnc1)C2. The number of pyridine rings is 1. The van der Waals surface area contributed by atoms with Gasteiger partial charge in [-0.3, -0.25) is 14.6 Å². The summed E-state index contributed by atoms with van der Waals surface area (Å²) in [7, 11) is 0. The van der Waals surface area contributed by atoms with E-state index < -0.39 is 0 Å². The van der Waals surface area contributed by atoms with Crippen molar-refractivity contribution < 1.29 is 9.59 Å². The number of hydrogen-bond acceptors (Lipinski definition) is 5. The fourth-order valence-corrected chi connectivity index (χ4v) is 3.22. The third-order valence-electron chi connectivity index (χ3n) is 4.53. The molecule has 2 aromatic rings. The largest absolute Gasteiger partial charge is 0.335 e. The Kier molecular flexibility index (Phi) is 3.72. The average molecular weight is 326 g/mol. The van der Waals surface area contributed by atoms with Crippen LogP contribution in [0.1, 0.15) is 34.8 Å². The van der Waals surface area contributed by atoms with E-state index in [0.29, 0.717) is 38.2 Å². The van der Waals surface area contributed by atoms with Gasteiger partial charge in [0.1, 0.15) is 0 Å². The average Bonchev–Trinajstić information content (AvgIpc) is 3.21. The van der Waals surface area contributed by atoms with Gasteiger partial charge in [-0.1, -0.05) is 0 Å². The normalized spacial score (nSPS) is 17.2. The zero-order chi connectivity index (χ0) is 16.5. The van der Waals surface area contributed by atoms with Crippen LogP contribution in [0, 0.1) is 0 Å². The molecule has 1 fully saturated rings. The van der Waals surface area contributed by atoms with E-state index in [1.54, 1.807) is 29.4 Å². The summed E-state index contributed by atoms with van der Waals surface area (Å²) >= 11 is 0. The third-order valence-corrected chi connectivity index (χ3v) is 4.53. The van der Waals surface area contributed by atoms with Crippen LogP contribution < -0.4 is 0 Å². The first-order valence-electron chi connectivity index (χ1n) is 8.10. The van der Waals surface area contributed by atoms with Gasteiger partial charge in [0.05, 0.1) is 18.7 Å². The van der Waals surface area contributed by atoms with E-state index in [1.807, 2.05) is 9.47 Å². The predicted octanol–water partition coefficient (Wildman–Crippen LogP) is 0.451. The minimum atomic E-state index is -0.0476. The Bertz CT molecular complexity index is 772. The molecular weight excluding hydrogens is 308 g/mol. The van der Waals surface area contributed by atoms with E-state index in [-0.39, 0.29) is 11.8 Å². The van der Waals surface area contributed by atoms with Crippen molar-refractivity contribution in [2.45, 2.75) is 32.5 Å². The fraction of sp³-hybridized carbons (Fsp3) is 0.438. The molecule has 124 valence electrons. The molecule has 0 aliphatic carbocycles. The van der Waals surface area contributed by atoms with Crippen molar-refractivity contribution in [1.29, 1.82) is 0 Å². The van der Waals surface area contributed by atoms with Crippen LogP contribution in [-0.2, 0) is 24.4 Å². The highest BCUT2D eigenvalue weighted by atomic mass is 16.2. The minimum Gasteiger partial charge on any atom is -0.335 e. The molecular formula is C16H18N6O2. The van der Waals surface area contributed by atoms with Gasteiger partial charge in [-0.2, -0.15) is 0 Å². The van der Waals surface area contributed by atoms with Gasteiger partial charge in [-0.15, -0.1) is 10.2 Å². The summed E-state index contributed by atoms with van der Waals surface area (Å²) in [4.78, 5) is 31.9. The monoisotopic (exact) mass is 326 g/mol. The van der Waals surface area contributed by atoms with E-state index in [9.17, 15) is 9.59 Å². The molecule has 1 saturated heterocycles. The maximum absolute atomic E-state index is 12.5. The fourth-order valence-electron chi connectivity index (χ4n) is 3.22. The van der Waals surface area contributed by atoms with E-state index >= 15 is 0 Å². The van der Waals surface area contributed by atoms with Gasteiger partial charge >= 0.3 is 0 Å². The summed E-state index contributed by atoms with van der Waals surface area (Å²) in [6.07, 6.45) is 4.75. The van der Waals surface area contributed by atoms with Crippen LogP contribution in [0.25, 0.3) is 0 Å². The number of rotatable bonds is 3. The second-order valence-electron chi connectivity index (χ2n) is 6.07. The lowest BCUT2D eigenvalue weighted by atomic mass is 10.2. The standard InChI is InChI=1S/C16H18N6O2/c23-15-4-2-6-20(15)10-13-18-19-14-11-21(7-8-22(13)14)16(24)12-3-1-5-17-9-12/h1,3,5,9H,2,4,6-8,10-11H2. The Morgan fingerprint density at radius 1 is 1.21 bits per heavy atom. The second-order valence-corrected chi connectivity index (χ2v) is 6.07. The van der Waals surface area contributed by atoms with Crippen molar-refractivity contribution in [1.82, 2.24) is 29.5 Å². The number of fused-ring (bicyclic) bond motifs is 1. The first kappa shape index (κ1) is 14.8. The quantitative estimate of drug-likeness (QED) is 0.818. The van der Waals surface area contributed by atoms with Gasteiger partial charge in [0.2, 0.25) is 5.91 Å². The highest BCUT2D eigenvalue weighted by molar-refractivity contribution is 5.93. The molecule has 2 aliphatic rings. The lowest BCUT2D eigenvalue weighted by Gasteiger charge is -2.28. The Morgan fingerprint density at radius 2 is 2.12 bits per heavy atom. The van der Waals surface area contributed by atoms with Crippen LogP contribution in [-0.4, -0.2) is 54.5 Å². The number of carbonyl (C=O) groups excluding carboxylic acids is 2. The lowest BCUT2D eigenvalue weighted by molar-refractivity contribution is -0.128. The zero-order valence-corrected chi connectivity index (χ0v) is 13.3. The smallest absolute Gasteiger partial charge is 0.255 e. The molecule has 0 aromatic carbocycles. The van der Waals surface area contributed by atoms with Crippen molar-refractivity contribution in [3.63, 3.8) is 0 Å². The molecule has 2 aromatic heterocycles. The van der Waals surface area contributed by atoms with Crippen LogP contribution >= 0.6 is 0 Å². The second kappa shape index (κ2) is 6.03. The highest BCUT2D eigenvalue weighted by Crippen LogP contribution is 2.18. The number of hydrogen-bond donors (Lipinski definition) is 0. The molecule has 24 heavy (non-hydrogen) atoms. The van der Waals surface area contributed by atoms with Gasteiger partial charge in [0, 0.05) is 38.4 Å². The summed E-state index contributed by atoms with van der Waals surface area (Å²) < 4.78 is 2.03. The molecule has 4 rings (SSSR count). The molecule has 2 aliphatic heterocycles. The first-order chi connectivity index (χ1) is 11.7. The molecule has 2 amide bonds. The molecule has 0 bridgehead atoms. The van der Waals surface area contributed by atoms with Crippen molar-refractivity contribution in [2.24, 2.45) is 0 Å². The van der Waals surface area contributed by atoms with E-state index in [0.717, 1.165) is 24.6 Å². The summed E-state index contributed by atoms with van der Waals surface area (Å²) in [5.74, 6) is 1.69. The number of carbonyl (C=O) groups is 2. The van der Waals surface area contributed by atoms with Crippen LogP contribution in [0.4, 0.5) is 0 Å². The minimum absolute atomic E-state index is 0.0476. The number of likely N-dealkylation sites (tertiary alicyclic amines) is 1. The van der Waals surface area contributed by atoms with Crippen molar-refractivity contribution in [3.8, 4) is 0 Å². The maximum Gasteiger partial charge on any atom is 0.255 e. The highest BCUT2D eigenvalue weighted by Gasteiger charge is 2.27. The van der Waals surface area contributed by atoms with Crippen LogP contribution in [0.3, 0.4) is 0 Å². The van der Waals surface area contributed by atoms with Gasteiger partial charge in [0.15, 0.2) is 11.6 Å². The molecule has 4 heterocycles. The Balaban J connectivity index is 1.48. The molecule has 0 N–H and O–H groups in total. The summed E-state index contributed by atoms with van der Waals surface area (Å²) in [6.45, 7) is 2.95. The van der Waals surface area contributed by atoms with E-state index in [4.69, 9.17) is 0 Å². The summed E-state index contributed by atoms with van der Waals surface area (Å²) in [5, 5.41) is 8.45. The Morgan fingerprint density at radius 3 is 2.88 bits per heavy atom. The molecule has 0 radical (unpaired) electrons. The van der Waals surface area contributed by atoms with Crippen molar-refractivity contribution in [2.75, 3.05) is 13.1 Å². The molecule has 0 saturated carbocycles. The topological polar surface area (TPSA) is 84.2 Å². The molecule has 8 heteroatoms. The number of nitrogens with zero attached hydrogens (tertiary/aromatic N) is 6. The van der Waals surface area contributed by atoms with Crippen LogP contribution in [0.5, 0.6) is 0 Å². The Hall–Kier alpha value is -2.77. The predicted molar refractivity (Wildman–Crippen MR) is 83.7 cm³/mol. The van der Waals surface area contributed by atoms with Gasteiger partial charge < -0.3 is 14.4 Å². The molecule has 0 unspecified atom stereocenters. The summed E-state index contributed by atoms with van der Waals surface area (Å²) in [5.41, 5.74) is 0.577. The number of amides is 2.